The fourth-order valence-corrected chi connectivity index (χ4v) is 1.38. The van der Waals surface area contributed by atoms with Crippen LogP contribution in [0.2, 0.25) is 0 Å². The van der Waals surface area contributed by atoms with E-state index in [0.717, 1.165) is 30.0 Å². The van der Waals surface area contributed by atoms with E-state index in [4.69, 9.17) is 10.2 Å². The predicted octanol–water partition coefficient (Wildman–Crippen LogP) is 2.04. The first-order valence-electron chi connectivity index (χ1n) is 4.58. The molecule has 1 aromatic heterocycles. The zero-order chi connectivity index (χ0) is 9.80. The van der Waals surface area contributed by atoms with E-state index in [2.05, 4.69) is 4.98 Å². The normalized spacial score (nSPS) is 10.3. The zero-order valence-electron chi connectivity index (χ0n) is 7.81. The van der Waals surface area contributed by atoms with E-state index in [0.29, 0.717) is 0 Å². The molecule has 1 aromatic carbocycles. The van der Waals surface area contributed by atoms with E-state index < -0.39 is 0 Å². The maximum absolute atomic E-state index is 5.81. The number of oxazole rings is 1. The van der Waals surface area contributed by atoms with E-state index in [1.54, 1.807) is 12.5 Å². The Balaban J connectivity index is 2.02. The number of anilines is 1. The molecule has 2 aromatic rings. The van der Waals surface area contributed by atoms with Crippen LogP contribution in [0.1, 0.15) is 11.5 Å². The Labute approximate surface area is 82.6 Å². The van der Waals surface area contributed by atoms with Crippen molar-refractivity contribution in [1.82, 2.24) is 4.98 Å². The van der Waals surface area contributed by atoms with Gasteiger partial charge in [-0.15, -0.1) is 0 Å². The average Bonchev–Trinajstić information content (AvgIpc) is 2.69. The number of hydrogen-bond donors (Lipinski definition) is 1. The number of para-hydroxylation sites is 1. The van der Waals surface area contributed by atoms with Gasteiger partial charge in [-0.1, -0.05) is 18.2 Å². The lowest BCUT2D eigenvalue weighted by molar-refractivity contribution is 0.494. The third-order valence-electron chi connectivity index (χ3n) is 2.15. The monoisotopic (exact) mass is 188 g/mol. The highest BCUT2D eigenvalue weighted by molar-refractivity contribution is 5.46. The topological polar surface area (TPSA) is 52.0 Å². The summed E-state index contributed by atoms with van der Waals surface area (Å²) in [6.45, 7) is 0. The molecule has 0 saturated heterocycles. The first kappa shape index (κ1) is 8.81. The molecule has 0 aliphatic carbocycles. The first-order valence-corrected chi connectivity index (χ1v) is 4.58. The van der Waals surface area contributed by atoms with Crippen molar-refractivity contribution in [3.05, 3.63) is 48.2 Å². The van der Waals surface area contributed by atoms with E-state index in [-0.39, 0.29) is 0 Å². The molecule has 0 saturated carbocycles. The average molecular weight is 188 g/mol. The van der Waals surface area contributed by atoms with Crippen LogP contribution < -0.4 is 5.73 Å². The van der Waals surface area contributed by atoms with Gasteiger partial charge in [-0.2, -0.15) is 0 Å². The van der Waals surface area contributed by atoms with Crippen LogP contribution in [-0.2, 0) is 12.8 Å². The van der Waals surface area contributed by atoms with Crippen molar-refractivity contribution in [2.45, 2.75) is 12.8 Å². The summed E-state index contributed by atoms with van der Waals surface area (Å²) in [5.41, 5.74) is 7.79. The van der Waals surface area contributed by atoms with Gasteiger partial charge < -0.3 is 10.2 Å². The number of benzene rings is 1. The van der Waals surface area contributed by atoms with E-state index in [9.17, 15) is 0 Å². The number of nitrogens with zero attached hydrogens (tertiary/aromatic N) is 1. The van der Waals surface area contributed by atoms with Gasteiger partial charge >= 0.3 is 0 Å². The minimum Gasteiger partial charge on any atom is -0.449 e. The lowest BCUT2D eigenvalue weighted by Gasteiger charge is -2.02. The maximum Gasteiger partial charge on any atom is 0.194 e. The molecular weight excluding hydrogens is 176 g/mol. The largest absolute Gasteiger partial charge is 0.449 e. The molecule has 72 valence electrons. The molecule has 2 N–H and O–H groups in total. The van der Waals surface area contributed by atoms with Gasteiger partial charge in [0.15, 0.2) is 5.89 Å². The third-order valence-corrected chi connectivity index (χ3v) is 2.15. The minimum atomic E-state index is 0.758. The zero-order valence-corrected chi connectivity index (χ0v) is 7.81. The quantitative estimate of drug-likeness (QED) is 0.750. The first-order chi connectivity index (χ1) is 6.86. The van der Waals surface area contributed by atoms with Gasteiger partial charge in [-0.25, -0.2) is 4.98 Å². The fraction of sp³-hybridized carbons (Fsp3) is 0.182. The number of aromatic nitrogens is 1. The summed E-state index contributed by atoms with van der Waals surface area (Å²) in [6.07, 6.45) is 4.90. The molecule has 1 heterocycles. The Kier molecular flexibility index (Phi) is 2.49. The summed E-state index contributed by atoms with van der Waals surface area (Å²) in [4.78, 5) is 4.05. The van der Waals surface area contributed by atoms with Crippen LogP contribution >= 0.6 is 0 Å². The molecule has 14 heavy (non-hydrogen) atoms. The van der Waals surface area contributed by atoms with Crippen molar-refractivity contribution in [3.63, 3.8) is 0 Å². The lowest BCUT2D eigenvalue weighted by Crippen LogP contribution is -1.96. The van der Waals surface area contributed by atoms with Crippen LogP contribution in [0.25, 0.3) is 0 Å². The molecule has 0 bridgehead atoms. The van der Waals surface area contributed by atoms with Gasteiger partial charge in [0.1, 0.15) is 6.26 Å². The summed E-state index contributed by atoms with van der Waals surface area (Å²) in [5.74, 6) is 0.758. The van der Waals surface area contributed by atoms with Gasteiger partial charge in [0.05, 0.1) is 6.20 Å². The van der Waals surface area contributed by atoms with Gasteiger partial charge in [-0.05, 0) is 18.1 Å². The number of nitrogen functional groups attached to an aromatic ring is 1. The minimum absolute atomic E-state index is 0.758. The summed E-state index contributed by atoms with van der Waals surface area (Å²) >= 11 is 0. The van der Waals surface area contributed by atoms with Crippen LogP contribution in [0.5, 0.6) is 0 Å². The molecule has 3 nitrogen and oxygen atoms in total. The Morgan fingerprint density at radius 3 is 2.79 bits per heavy atom. The molecule has 0 radical (unpaired) electrons. The summed E-state index contributed by atoms with van der Waals surface area (Å²) in [5, 5.41) is 0. The van der Waals surface area contributed by atoms with Crippen LogP contribution in [-0.4, -0.2) is 4.98 Å². The second kappa shape index (κ2) is 3.96. The van der Waals surface area contributed by atoms with E-state index in [1.165, 1.54) is 0 Å². The summed E-state index contributed by atoms with van der Waals surface area (Å²) in [7, 11) is 0. The van der Waals surface area contributed by atoms with E-state index in [1.807, 2.05) is 24.3 Å². The van der Waals surface area contributed by atoms with Gasteiger partial charge in [0, 0.05) is 12.1 Å². The fourth-order valence-electron chi connectivity index (χ4n) is 1.38. The highest BCUT2D eigenvalue weighted by Crippen LogP contribution is 2.13. The molecular formula is C11H12N2O. The van der Waals surface area contributed by atoms with Gasteiger partial charge in [0.25, 0.3) is 0 Å². The van der Waals surface area contributed by atoms with Crippen molar-refractivity contribution in [2.24, 2.45) is 0 Å². The number of nitrogens with two attached hydrogens (primary N) is 1. The number of aryl methyl sites for hydroxylation is 2. The molecule has 0 amide bonds. The van der Waals surface area contributed by atoms with Crippen LogP contribution in [0, 0.1) is 0 Å². The Morgan fingerprint density at radius 1 is 1.21 bits per heavy atom. The molecule has 0 unspecified atom stereocenters. The van der Waals surface area contributed by atoms with Gasteiger partial charge in [0.2, 0.25) is 0 Å². The number of hydrogen-bond acceptors (Lipinski definition) is 3. The number of rotatable bonds is 3. The SMILES string of the molecule is Nc1ccccc1CCc1ncco1. The van der Waals surface area contributed by atoms with Crippen LogP contribution in [0.15, 0.2) is 41.1 Å². The van der Waals surface area contributed by atoms with Crippen LogP contribution in [0.4, 0.5) is 5.69 Å². The lowest BCUT2D eigenvalue weighted by atomic mass is 10.1. The van der Waals surface area contributed by atoms with Crippen molar-refractivity contribution < 1.29 is 4.42 Å². The summed E-state index contributed by atoms with van der Waals surface area (Å²) < 4.78 is 5.14. The molecule has 0 aliphatic heterocycles. The molecule has 3 heteroatoms. The van der Waals surface area contributed by atoms with Gasteiger partial charge in [-0.3, -0.25) is 0 Å². The van der Waals surface area contributed by atoms with Crippen molar-refractivity contribution in [2.75, 3.05) is 5.73 Å². The Hall–Kier alpha value is -1.77. The molecule has 0 aliphatic rings. The highest BCUT2D eigenvalue weighted by atomic mass is 16.3. The molecule has 0 spiro atoms. The van der Waals surface area contributed by atoms with Crippen molar-refractivity contribution in [3.8, 4) is 0 Å². The predicted molar refractivity (Wildman–Crippen MR) is 54.8 cm³/mol. The molecule has 2 rings (SSSR count). The Bertz CT molecular complexity index is 395. The van der Waals surface area contributed by atoms with Crippen LogP contribution in [0.3, 0.4) is 0 Å². The third kappa shape index (κ3) is 1.93. The smallest absolute Gasteiger partial charge is 0.194 e. The van der Waals surface area contributed by atoms with Crippen molar-refractivity contribution >= 4 is 5.69 Å². The second-order valence-electron chi connectivity index (χ2n) is 3.12. The maximum atomic E-state index is 5.81. The standard InChI is InChI=1S/C11H12N2O/c12-10-4-2-1-3-9(10)5-6-11-13-7-8-14-11/h1-4,7-8H,5-6,12H2. The van der Waals surface area contributed by atoms with E-state index >= 15 is 0 Å². The Morgan fingerprint density at radius 2 is 2.07 bits per heavy atom. The molecule has 0 atom stereocenters. The van der Waals surface area contributed by atoms with Crippen molar-refractivity contribution in [1.29, 1.82) is 0 Å². The highest BCUT2D eigenvalue weighted by Gasteiger charge is 2.01. The summed E-state index contributed by atoms with van der Waals surface area (Å²) in [6, 6.07) is 7.86. The molecule has 0 fully saturated rings. The second-order valence-corrected chi connectivity index (χ2v) is 3.12.